The van der Waals surface area contributed by atoms with Crippen LogP contribution in [0.25, 0.3) is 5.82 Å². The maximum Gasteiger partial charge on any atom is 0.235 e. The SMILES string of the molecule is Cc1nn(-c2ccccn2)c2c1[C@@H](c1cccc(Cl)c1)SCC(=O)N2. The fourth-order valence-electron chi connectivity index (χ4n) is 2.96. The van der Waals surface area contributed by atoms with E-state index in [0.29, 0.717) is 22.4 Å². The van der Waals surface area contributed by atoms with Gasteiger partial charge in [0.05, 0.1) is 16.7 Å². The van der Waals surface area contributed by atoms with Crippen LogP contribution >= 0.6 is 23.4 Å². The first-order chi connectivity index (χ1) is 12.1. The van der Waals surface area contributed by atoms with Gasteiger partial charge in [-0.05, 0) is 36.8 Å². The van der Waals surface area contributed by atoms with Gasteiger partial charge in [0.25, 0.3) is 0 Å². The summed E-state index contributed by atoms with van der Waals surface area (Å²) in [5, 5.41) is 8.28. The number of pyridine rings is 1. The van der Waals surface area contributed by atoms with E-state index >= 15 is 0 Å². The Morgan fingerprint density at radius 1 is 1.28 bits per heavy atom. The molecule has 25 heavy (non-hydrogen) atoms. The van der Waals surface area contributed by atoms with Crippen molar-refractivity contribution >= 4 is 35.1 Å². The number of anilines is 1. The molecule has 3 aromatic rings. The molecule has 1 aromatic carbocycles. The van der Waals surface area contributed by atoms with Crippen molar-refractivity contribution in [2.24, 2.45) is 0 Å². The summed E-state index contributed by atoms with van der Waals surface area (Å²) in [7, 11) is 0. The van der Waals surface area contributed by atoms with Gasteiger partial charge in [-0.2, -0.15) is 9.78 Å². The summed E-state index contributed by atoms with van der Waals surface area (Å²) in [6.07, 6.45) is 1.71. The van der Waals surface area contributed by atoms with Crippen LogP contribution < -0.4 is 5.32 Å². The van der Waals surface area contributed by atoms with Crippen LogP contribution in [0.4, 0.5) is 5.82 Å². The Hall–Kier alpha value is -2.31. The van der Waals surface area contributed by atoms with Crippen LogP contribution in [-0.4, -0.2) is 26.4 Å². The van der Waals surface area contributed by atoms with Crippen LogP contribution in [0.3, 0.4) is 0 Å². The number of nitrogens with one attached hydrogen (secondary N) is 1. The maximum atomic E-state index is 12.3. The summed E-state index contributed by atoms with van der Waals surface area (Å²) in [6.45, 7) is 1.95. The van der Waals surface area contributed by atoms with Crippen LogP contribution in [-0.2, 0) is 4.79 Å². The molecule has 0 bridgehead atoms. The minimum Gasteiger partial charge on any atom is -0.310 e. The molecule has 1 aliphatic heterocycles. The summed E-state index contributed by atoms with van der Waals surface area (Å²) in [5.41, 5.74) is 2.91. The number of amides is 1. The highest BCUT2D eigenvalue weighted by Crippen LogP contribution is 2.44. The van der Waals surface area contributed by atoms with Gasteiger partial charge in [-0.1, -0.05) is 29.8 Å². The molecule has 1 amide bonds. The van der Waals surface area contributed by atoms with Crippen molar-refractivity contribution in [3.05, 3.63) is 70.5 Å². The van der Waals surface area contributed by atoms with E-state index < -0.39 is 0 Å². The summed E-state index contributed by atoms with van der Waals surface area (Å²) in [5.74, 6) is 1.67. The molecule has 0 aliphatic carbocycles. The minimum absolute atomic E-state index is 0.0230. The Balaban J connectivity index is 1.90. The number of thioether (sulfide) groups is 1. The number of fused-ring (bicyclic) bond motifs is 1. The summed E-state index contributed by atoms with van der Waals surface area (Å²) < 4.78 is 1.70. The number of aromatic nitrogens is 3. The number of nitrogens with zero attached hydrogens (tertiary/aromatic N) is 3. The molecule has 0 saturated heterocycles. The van der Waals surface area contributed by atoms with Crippen molar-refractivity contribution < 1.29 is 4.79 Å². The first-order valence-electron chi connectivity index (χ1n) is 7.81. The number of benzene rings is 1. The van der Waals surface area contributed by atoms with Crippen molar-refractivity contribution in [1.82, 2.24) is 14.8 Å². The van der Waals surface area contributed by atoms with Gasteiger partial charge < -0.3 is 5.32 Å². The molecule has 4 rings (SSSR count). The Bertz CT molecular complexity index is 942. The van der Waals surface area contributed by atoms with Gasteiger partial charge in [0.2, 0.25) is 5.91 Å². The van der Waals surface area contributed by atoms with Crippen LogP contribution in [0.5, 0.6) is 0 Å². The lowest BCUT2D eigenvalue weighted by atomic mass is 10.0. The fourth-order valence-corrected chi connectivity index (χ4v) is 4.34. The largest absolute Gasteiger partial charge is 0.310 e. The third-order valence-corrected chi connectivity index (χ3v) is 5.53. The number of hydrogen-bond acceptors (Lipinski definition) is 4. The number of halogens is 1. The predicted octanol–water partition coefficient (Wildman–Crippen LogP) is 4.00. The minimum atomic E-state index is -0.0483. The number of rotatable bonds is 2. The molecular weight excluding hydrogens is 356 g/mol. The average Bonchev–Trinajstić information content (AvgIpc) is 2.82. The lowest BCUT2D eigenvalue weighted by Gasteiger charge is -2.15. The van der Waals surface area contributed by atoms with E-state index in [4.69, 9.17) is 11.6 Å². The van der Waals surface area contributed by atoms with Crippen molar-refractivity contribution in [3.63, 3.8) is 0 Å². The molecule has 3 heterocycles. The van der Waals surface area contributed by atoms with Crippen molar-refractivity contribution in [2.45, 2.75) is 12.2 Å². The average molecular weight is 371 g/mol. The monoisotopic (exact) mass is 370 g/mol. The third-order valence-electron chi connectivity index (χ3n) is 4.03. The highest BCUT2D eigenvalue weighted by atomic mass is 35.5. The maximum absolute atomic E-state index is 12.3. The van der Waals surface area contributed by atoms with E-state index in [1.807, 2.05) is 49.4 Å². The van der Waals surface area contributed by atoms with E-state index in [1.54, 1.807) is 22.6 Å². The van der Waals surface area contributed by atoms with Gasteiger partial charge in [0.1, 0.15) is 5.82 Å². The van der Waals surface area contributed by atoms with Crippen molar-refractivity contribution in [3.8, 4) is 5.82 Å². The van der Waals surface area contributed by atoms with Crippen LogP contribution in [0.2, 0.25) is 5.02 Å². The van der Waals surface area contributed by atoms with E-state index in [9.17, 15) is 4.79 Å². The zero-order valence-corrected chi connectivity index (χ0v) is 15.0. The third kappa shape index (κ3) is 3.03. The molecule has 2 aromatic heterocycles. The zero-order valence-electron chi connectivity index (χ0n) is 13.4. The Morgan fingerprint density at radius 2 is 2.16 bits per heavy atom. The first kappa shape index (κ1) is 16.2. The Morgan fingerprint density at radius 3 is 2.92 bits per heavy atom. The van der Waals surface area contributed by atoms with Gasteiger partial charge >= 0.3 is 0 Å². The van der Waals surface area contributed by atoms with E-state index in [2.05, 4.69) is 15.4 Å². The lowest BCUT2D eigenvalue weighted by molar-refractivity contribution is -0.113. The Labute approximate surface area is 154 Å². The van der Waals surface area contributed by atoms with E-state index in [1.165, 1.54) is 0 Å². The number of carbonyl (C=O) groups is 1. The second-order valence-electron chi connectivity index (χ2n) is 5.74. The Kier molecular flexibility index (Phi) is 4.23. The molecule has 0 spiro atoms. The molecule has 1 N–H and O–H groups in total. The second-order valence-corrected chi connectivity index (χ2v) is 7.27. The van der Waals surface area contributed by atoms with Gasteiger partial charge in [0, 0.05) is 16.8 Å². The molecule has 5 nitrogen and oxygen atoms in total. The van der Waals surface area contributed by atoms with Gasteiger partial charge in [-0.15, -0.1) is 11.8 Å². The molecule has 0 fully saturated rings. The predicted molar refractivity (Wildman–Crippen MR) is 100 cm³/mol. The van der Waals surface area contributed by atoms with Gasteiger partial charge in [-0.3, -0.25) is 4.79 Å². The van der Waals surface area contributed by atoms with Crippen LogP contribution in [0.15, 0.2) is 48.7 Å². The van der Waals surface area contributed by atoms with Crippen LogP contribution in [0, 0.1) is 6.92 Å². The highest BCUT2D eigenvalue weighted by molar-refractivity contribution is 8.00. The number of carbonyl (C=O) groups excluding carboxylic acids is 1. The van der Waals surface area contributed by atoms with Crippen molar-refractivity contribution in [1.29, 1.82) is 0 Å². The molecular formula is C18H15ClN4OS. The van der Waals surface area contributed by atoms with E-state index in [0.717, 1.165) is 16.8 Å². The van der Waals surface area contributed by atoms with E-state index in [-0.39, 0.29) is 11.2 Å². The summed E-state index contributed by atoms with van der Waals surface area (Å²) in [6, 6.07) is 13.4. The van der Waals surface area contributed by atoms with Crippen molar-refractivity contribution in [2.75, 3.05) is 11.1 Å². The van der Waals surface area contributed by atoms with Gasteiger partial charge in [-0.25, -0.2) is 4.98 Å². The normalized spacial score (nSPS) is 16.9. The van der Waals surface area contributed by atoms with Gasteiger partial charge in [0.15, 0.2) is 5.82 Å². The molecule has 0 radical (unpaired) electrons. The second kappa shape index (κ2) is 6.54. The zero-order chi connectivity index (χ0) is 17.4. The van der Waals surface area contributed by atoms with Crippen LogP contribution in [0.1, 0.15) is 22.1 Å². The topological polar surface area (TPSA) is 59.8 Å². The molecule has 0 unspecified atom stereocenters. The first-order valence-corrected chi connectivity index (χ1v) is 9.24. The quantitative estimate of drug-likeness (QED) is 0.740. The molecule has 1 aliphatic rings. The number of aryl methyl sites for hydroxylation is 1. The summed E-state index contributed by atoms with van der Waals surface area (Å²) >= 11 is 7.75. The molecule has 7 heteroatoms. The smallest absolute Gasteiger partial charge is 0.235 e. The molecule has 0 saturated carbocycles. The lowest BCUT2D eigenvalue weighted by Crippen LogP contribution is -2.16. The molecule has 126 valence electrons. The molecule has 1 atom stereocenters. The fraction of sp³-hybridized carbons (Fsp3) is 0.167. The summed E-state index contributed by atoms with van der Waals surface area (Å²) in [4.78, 5) is 16.6. The number of hydrogen-bond donors (Lipinski definition) is 1. The standard InChI is InChI=1S/C18H15ClN4OS/c1-11-16-17(12-5-4-6-13(19)9-12)25-10-15(24)21-18(16)23(22-11)14-7-2-3-8-20-14/h2-9,17H,10H2,1H3,(H,21,24)/t17-/m1/s1. The highest BCUT2D eigenvalue weighted by Gasteiger charge is 2.30.